The summed E-state index contributed by atoms with van der Waals surface area (Å²) < 4.78 is 0. The third-order valence-corrected chi connectivity index (χ3v) is 3.16. The summed E-state index contributed by atoms with van der Waals surface area (Å²) in [5, 5.41) is 0.797. The SMILES string of the molecule is CC(C[CH]c1cccc(Cl)c1)c1ccccc1. The van der Waals surface area contributed by atoms with Gasteiger partial charge in [-0.25, -0.2) is 0 Å². The number of hydrogen-bond acceptors (Lipinski definition) is 0. The van der Waals surface area contributed by atoms with Crippen LogP contribution in [0.5, 0.6) is 0 Å². The average Bonchev–Trinajstić information content (AvgIpc) is 2.37. The van der Waals surface area contributed by atoms with Gasteiger partial charge in [0.15, 0.2) is 0 Å². The zero-order valence-corrected chi connectivity index (χ0v) is 10.7. The predicted molar refractivity (Wildman–Crippen MR) is 74.3 cm³/mol. The smallest absolute Gasteiger partial charge is 0.0408 e. The maximum atomic E-state index is 5.96. The summed E-state index contributed by atoms with van der Waals surface area (Å²) >= 11 is 5.96. The van der Waals surface area contributed by atoms with E-state index in [-0.39, 0.29) is 0 Å². The molecule has 2 rings (SSSR count). The Morgan fingerprint density at radius 2 is 1.82 bits per heavy atom. The molecule has 1 atom stereocenters. The molecule has 0 aliphatic heterocycles. The van der Waals surface area contributed by atoms with E-state index >= 15 is 0 Å². The summed E-state index contributed by atoms with van der Waals surface area (Å²) in [6, 6.07) is 18.6. The molecule has 0 aliphatic rings. The van der Waals surface area contributed by atoms with Crippen molar-refractivity contribution in [2.75, 3.05) is 0 Å². The van der Waals surface area contributed by atoms with Gasteiger partial charge in [0, 0.05) is 5.02 Å². The van der Waals surface area contributed by atoms with Crippen LogP contribution in [0.3, 0.4) is 0 Å². The van der Waals surface area contributed by atoms with Crippen LogP contribution in [0.15, 0.2) is 54.6 Å². The zero-order valence-electron chi connectivity index (χ0n) is 9.94. The summed E-state index contributed by atoms with van der Waals surface area (Å²) in [5.41, 5.74) is 2.58. The lowest BCUT2D eigenvalue weighted by molar-refractivity contribution is 0.755. The highest BCUT2D eigenvalue weighted by Gasteiger charge is 2.05. The first-order chi connectivity index (χ1) is 8.25. The van der Waals surface area contributed by atoms with Crippen molar-refractivity contribution in [3.05, 3.63) is 77.2 Å². The third kappa shape index (κ3) is 3.61. The molecule has 0 N–H and O–H groups in total. The molecule has 0 saturated carbocycles. The molecule has 2 aromatic carbocycles. The van der Waals surface area contributed by atoms with Gasteiger partial charge in [-0.05, 0) is 42.0 Å². The Hall–Kier alpha value is -1.27. The van der Waals surface area contributed by atoms with Crippen LogP contribution in [-0.2, 0) is 0 Å². The van der Waals surface area contributed by atoms with Crippen LogP contribution in [0.25, 0.3) is 0 Å². The summed E-state index contributed by atoms with van der Waals surface area (Å²) in [4.78, 5) is 0. The Bertz CT molecular complexity index is 462. The van der Waals surface area contributed by atoms with E-state index in [2.05, 4.69) is 49.7 Å². The van der Waals surface area contributed by atoms with Crippen molar-refractivity contribution in [1.29, 1.82) is 0 Å². The first-order valence-corrected chi connectivity index (χ1v) is 6.27. The lowest BCUT2D eigenvalue weighted by Gasteiger charge is -2.11. The molecule has 2 aromatic rings. The molecule has 0 aromatic heterocycles. The molecular weight excluding hydrogens is 228 g/mol. The van der Waals surface area contributed by atoms with Gasteiger partial charge in [0.25, 0.3) is 0 Å². The minimum Gasteiger partial charge on any atom is -0.0843 e. The van der Waals surface area contributed by atoms with Crippen LogP contribution < -0.4 is 0 Å². The van der Waals surface area contributed by atoms with Gasteiger partial charge < -0.3 is 0 Å². The second-order valence-electron chi connectivity index (χ2n) is 4.31. The van der Waals surface area contributed by atoms with E-state index in [1.807, 2.05) is 18.2 Å². The molecular formula is C16H16Cl. The number of halogens is 1. The van der Waals surface area contributed by atoms with Crippen LogP contribution in [0.1, 0.15) is 30.4 Å². The Labute approximate surface area is 108 Å². The Kier molecular flexibility index (Phi) is 4.22. The summed E-state index contributed by atoms with van der Waals surface area (Å²) in [5.74, 6) is 0.537. The van der Waals surface area contributed by atoms with Crippen molar-refractivity contribution in [3.8, 4) is 0 Å². The topological polar surface area (TPSA) is 0 Å². The lowest BCUT2D eigenvalue weighted by atomic mass is 9.94. The van der Waals surface area contributed by atoms with E-state index in [0.717, 1.165) is 11.4 Å². The standard InChI is InChI=1S/C16H16Cl/c1-13(15-7-3-2-4-8-15)10-11-14-6-5-9-16(17)12-14/h2-9,11-13H,10H2,1H3. The largest absolute Gasteiger partial charge is 0.0843 e. The monoisotopic (exact) mass is 243 g/mol. The normalized spacial score (nSPS) is 12.4. The fraction of sp³-hybridized carbons (Fsp3) is 0.188. The Balaban J connectivity index is 1.95. The minimum absolute atomic E-state index is 0.537. The van der Waals surface area contributed by atoms with Gasteiger partial charge in [-0.15, -0.1) is 0 Å². The summed E-state index contributed by atoms with van der Waals surface area (Å²) in [6.07, 6.45) is 3.27. The summed E-state index contributed by atoms with van der Waals surface area (Å²) in [7, 11) is 0. The highest BCUT2D eigenvalue weighted by molar-refractivity contribution is 6.30. The van der Waals surface area contributed by atoms with E-state index in [0.29, 0.717) is 5.92 Å². The molecule has 0 nitrogen and oxygen atoms in total. The van der Waals surface area contributed by atoms with Crippen LogP contribution in [0.4, 0.5) is 0 Å². The first kappa shape index (κ1) is 12.2. The highest BCUT2D eigenvalue weighted by Crippen LogP contribution is 2.22. The molecule has 87 valence electrons. The molecule has 17 heavy (non-hydrogen) atoms. The van der Waals surface area contributed by atoms with Crippen molar-refractivity contribution >= 4 is 11.6 Å². The molecule has 1 radical (unpaired) electrons. The highest BCUT2D eigenvalue weighted by atomic mass is 35.5. The maximum Gasteiger partial charge on any atom is 0.0408 e. The second-order valence-corrected chi connectivity index (χ2v) is 4.74. The van der Waals surface area contributed by atoms with Gasteiger partial charge in [-0.1, -0.05) is 61.0 Å². The van der Waals surface area contributed by atoms with E-state index in [4.69, 9.17) is 11.6 Å². The fourth-order valence-electron chi connectivity index (χ4n) is 1.86. The van der Waals surface area contributed by atoms with Gasteiger partial charge in [0.2, 0.25) is 0 Å². The van der Waals surface area contributed by atoms with Crippen LogP contribution in [0, 0.1) is 6.42 Å². The summed E-state index contributed by atoms with van der Waals surface area (Å²) in [6.45, 7) is 2.25. The van der Waals surface area contributed by atoms with Crippen molar-refractivity contribution < 1.29 is 0 Å². The molecule has 0 fully saturated rings. The van der Waals surface area contributed by atoms with E-state index in [1.54, 1.807) is 0 Å². The van der Waals surface area contributed by atoms with Crippen molar-refractivity contribution in [3.63, 3.8) is 0 Å². The Morgan fingerprint density at radius 3 is 2.53 bits per heavy atom. The van der Waals surface area contributed by atoms with Crippen LogP contribution >= 0.6 is 11.6 Å². The Morgan fingerprint density at radius 1 is 1.06 bits per heavy atom. The van der Waals surface area contributed by atoms with Crippen LogP contribution in [-0.4, -0.2) is 0 Å². The van der Waals surface area contributed by atoms with Crippen molar-refractivity contribution in [2.24, 2.45) is 0 Å². The molecule has 1 unspecified atom stereocenters. The van der Waals surface area contributed by atoms with E-state index in [1.165, 1.54) is 11.1 Å². The average molecular weight is 244 g/mol. The quantitative estimate of drug-likeness (QED) is 0.702. The van der Waals surface area contributed by atoms with E-state index < -0.39 is 0 Å². The van der Waals surface area contributed by atoms with Crippen molar-refractivity contribution in [1.82, 2.24) is 0 Å². The lowest BCUT2D eigenvalue weighted by Crippen LogP contribution is -1.94. The molecule has 0 amide bonds. The van der Waals surface area contributed by atoms with Gasteiger partial charge in [-0.2, -0.15) is 0 Å². The molecule has 1 heteroatoms. The zero-order chi connectivity index (χ0) is 12.1. The van der Waals surface area contributed by atoms with Gasteiger partial charge in [-0.3, -0.25) is 0 Å². The van der Waals surface area contributed by atoms with Crippen molar-refractivity contribution in [2.45, 2.75) is 19.3 Å². The molecule has 0 saturated heterocycles. The van der Waals surface area contributed by atoms with Gasteiger partial charge in [0.05, 0.1) is 0 Å². The predicted octanol–water partition coefficient (Wildman–Crippen LogP) is 5.09. The second kappa shape index (κ2) is 5.88. The van der Waals surface area contributed by atoms with Crippen LogP contribution in [0.2, 0.25) is 5.02 Å². The molecule has 0 heterocycles. The van der Waals surface area contributed by atoms with Gasteiger partial charge in [0.1, 0.15) is 0 Å². The fourth-order valence-corrected chi connectivity index (χ4v) is 2.06. The molecule has 0 aliphatic carbocycles. The number of benzene rings is 2. The third-order valence-electron chi connectivity index (χ3n) is 2.92. The minimum atomic E-state index is 0.537. The van der Waals surface area contributed by atoms with E-state index in [9.17, 15) is 0 Å². The number of rotatable bonds is 4. The number of hydrogen-bond donors (Lipinski definition) is 0. The maximum absolute atomic E-state index is 5.96. The molecule has 0 bridgehead atoms. The first-order valence-electron chi connectivity index (χ1n) is 5.89. The molecule has 0 spiro atoms. The van der Waals surface area contributed by atoms with Gasteiger partial charge >= 0.3 is 0 Å².